The van der Waals surface area contributed by atoms with Gasteiger partial charge in [-0.3, -0.25) is 0 Å². The molecule has 1 aromatic carbocycles. The number of nitrogens with zero attached hydrogens (tertiary/aromatic N) is 1. The second kappa shape index (κ2) is 6.89. The van der Waals surface area contributed by atoms with E-state index < -0.39 is 12.6 Å². The number of pyridine rings is 1. The first-order valence-electron chi connectivity index (χ1n) is 9.04. The van der Waals surface area contributed by atoms with Crippen LogP contribution in [-0.2, 0) is 16.6 Å². The van der Waals surface area contributed by atoms with Crippen LogP contribution in [0.5, 0.6) is 5.75 Å². The number of hydrogen-bond acceptors (Lipinski definition) is 4. The van der Waals surface area contributed by atoms with Crippen molar-refractivity contribution in [1.82, 2.24) is 9.97 Å². The van der Waals surface area contributed by atoms with Crippen LogP contribution in [0.25, 0.3) is 10.9 Å². The van der Waals surface area contributed by atoms with E-state index in [1.165, 1.54) is 7.11 Å². The molecule has 0 amide bonds. The zero-order chi connectivity index (χ0) is 19.9. The predicted octanol–water partition coefficient (Wildman–Crippen LogP) is 4.59. The van der Waals surface area contributed by atoms with Crippen LogP contribution in [0.4, 0.5) is 8.78 Å². The Balaban J connectivity index is 1.76. The predicted molar refractivity (Wildman–Crippen MR) is 99.9 cm³/mol. The fourth-order valence-corrected chi connectivity index (χ4v) is 3.52. The van der Waals surface area contributed by atoms with Crippen molar-refractivity contribution < 1.29 is 23.0 Å². The molecule has 1 aliphatic carbocycles. The van der Waals surface area contributed by atoms with Gasteiger partial charge in [0.25, 0.3) is 0 Å². The summed E-state index contributed by atoms with van der Waals surface area (Å²) in [6, 6.07) is 10.2. The summed E-state index contributed by atoms with van der Waals surface area (Å²) in [4.78, 5) is 19.6. The van der Waals surface area contributed by atoms with E-state index in [1.807, 2.05) is 6.07 Å². The Bertz CT molecular complexity index is 1040. The number of nitrogens with one attached hydrogen (secondary N) is 1. The van der Waals surface area contributed by atoms with Gasteiger partial charge in [0.2, 0.25) is 0 Å². The lowest BCUT2D eigenvalue weighted by atomic mass is 9.96. The molecule has 0 unspecified atom stereocenters. The quantitative estimate of drug-likeness (QED) is 0.629. The van der Waals surface area contributed by atoms with Crippen molar-refractivity contribution in [2.75, 3.05) is 7.11 Å². The first-order chi connectivity index (χ1) is 13.4. The largest absolute Gasteiger partial charge is 0.464 e. The molecule has 5 nitrogen and oxygen atoms in total. The molecule has 1 saturated carbocycles. The van der Waals surface area contributed by atoms with E-state index in [1.54, 1.807) is 30.3 Å². The van der Waals surface area contributed by atoms with Gasteiger partial charge in [0.05, 0.1) is 7.11 Å². The van der Waals surface area contributed by atoms with Crippen LogP contribution in [0.2, 0.25) is 0 Å². The van der Waals surface area contributed by atoms with E-state index in [9.17, 15) is 13.6 Å². The zero-order valence-electron chi connectivity index (χ0n) is 15.6. The highest BCUT2D eigenvalue weighted by Gasteiger charge is 2.42. The van der Waals surface area contributed by atoms with Crippen LogP contribution < -0.4 is 4.74 Å². The van der Waals surface area contributed by atoms with Crippen LogP contribution in [0.3, 0.4) is 0 Å². The van der Waals surface area contributed by atoms with E-state index >= 15 is 0 Å². The third-order valence-corrected chi connectivity index (χ3v) is 5.27. The molecule has 1 N–H and O–H groups in total. The Morgan fingerprint density at radius 3 is 2.75 bits per heavy atom. The highest BCUT2D eigenvalue weighted by Crippen LogP contribution is 2.50. The smallest absolute Gasteiger partial charge is 0.387 e. The fourth-order valence-electron chi connectivity index (χ4n) is 3.52. The third kappa shape index (κ3) is 3.44. The monoisotopic (exact) mass is 386 g/mol. The lowest BCUT2D eigenvalue weighted by Crippen LogP contribution is -2.08. The summed E-state index contributed by atoms with van der Waals surface area (Å²) in [5.74, 6) is -0.363. The van der Waals surface area contributed by atoms with Gasteiger partial charge in [-0.25, -0.2) is 9.78 Å². The highest BCUT2D eigenvalue weighted by atomic mass is 19.3. The molecule has 146 valence electrons. The molecule has 1 aliphatic rings. The molecule has 0 aliphatic heterocycles. The average molecular weight is 386 g/mol. The summed E-state index contributed by atoms with van der Waals surface area (Å²) >= 11 is 0. The average Bonchev–Trinajstić information content (AvgIpc) is 3.32. The van der Waals surface area contributed by atoms with Crippen molar-refractivity contribution in [1.29, 1.82) is 0 Å². The number of aromatic amines is 1. The second-order valence-electron chi connectivity index (χ2n) is 7.31. The molecular weight excluding hydrogens is 366 g/mol. The van der Waals surface area contributed by atoms with Crippen LogP contribution in [0, 0.1) is 0 Å². The molecule has 3 aromatic rings. The molecule has 2 aromatic heterocycles. The van der Waals surface area contributed by atoms with Crippen LogP contribution in [-0.4, -0.2) is 29.7 Å². The fraction of sp³-hybridized carbons (Fsp3) is 0.333. The molecule has 0 saturated heterocycles. The van der Waals surface area contributed by atoms with Gasteiger partial charge in [-0.1, -0.05) is 13.0 Å². The van der Waals surface area contributed by atoms with Crippen LogP contribution in [0.1, 0.15) is 47.2 Å². The van der Waals surface area contributed by atoms with E-state index in [0.717, 1.165) is 40.7 Å². The van der Waals surface area contributed by atoms with E-state index in [4.69, 9.17) is 4.74 Å². The molecule has 1 fully saturated rings. The SMILES string of the molecule is COC(=O)c1cccc(Cc2c(C3(C)CC3)[nH]c3cc(OC(F)F)ccc23)n1. The van der Waals surface area contributed by atoms with Crippen molar-refractivity contribution >= 4 is 16.9 Å². The minimum absolute atomic E-state index is 0.0397. The van der Waals surface area contributed by atoms with Crippen molar-refractivity contribution in [2.24, 2.45) is 0 Å². The lowest BCUT2D eigenvalue weighted by Gasteiger charge is -2.11. The van der Waals surface area contributed by atoms with Gasteiger partial charge < -0.3 is 14.5 Å². The van der Waals surface area contributed by atoms with E-state index in [0.29, 0.717) is 6.42 Å². The van der Waals surface area contributed by atoms with Gasteiger partial charge in [0.15, 0.2) is 0 Å². The maximum Gasteiger partial charge on any atom is 0.387 e. The highest BCUT2D eigenvalue weighted by molar-refractivity contribution is 5.88. The molecule has 0 bridgehead atoms. The molecule has 0 radical (unpaired) electrons. The molecule has 2 heterocycles. The Kier molecular flexibility index (Phi) is 4.53. The number of carbonyl (C=O) groups is 1. The van der Waals surface area contributed by atoms with Gasteiger partial charge >= 0.3 is 12.6 Å². The Morgan fingerprint density at radius 2 is 2.07 bits per heavy atom. The normalized spacial score (nSPS) is 15.0. The van der Waals surface area contributed by atoms with Gasteiger partial charge in [-0.05, 0) is 42.7 Å². The number of alkyl halides is 2. The van der Waals surface area contributed by atoms with Crippen LogP contribution >= 0.6 is 0 Å². The number of ether oxygens (including phenoxy) is 2. The topological polar surface area (TPSA) is 64.2 Å². The van der Waals surface area contributed by atoms with Crippen molar-refractivity contribution in [2.45, 2.75) is 38.2 Å². The summed E-state index contributed by atoms with van der Waals surface area (Å²) in [6.45, 7) is -0.687. The van der Waals surface area contributed by atoms with Crippen LogP contribution in [0.15, 0.2) is 36.4 Å². The van der Waals surface area contributed by atoms with Crippen molar-refractivity contribution in [3.8, 4) is 5.75 Å². The lowest BCUT2D eigenvalue weighted by molar-refractivity contribution is -0.0497. The number of hydrogen-bond donors (Lipinski definition) is 1. The summed E-state index contributed by atoms with van der Waals surface area (Å²) in [6.07, 6.45) is 2.64. The number of rotatable bonds is 6. The van der Waals surface area contributed by atoms with Gasteiger partial charge in [-0.2, -0.15) is 8.78 Å². The molecule has 28 heavy (non-hydrogen) atoms. The van der Waals surface area contributed by atoms with E-state index in [2.05, 4.69) is 21.6 Å². The number of halogens is 2. The maximum absolute atomic E-state index is 12.5. The summed E-state index contributed by atoms with van der Waals surface area (Å²) < 4.78 is 34.4. The standard InChI is InChI=1S/C21H20F2N2O3/c1-21(8-9-21)18-15(10-12-4-3-5-16(24-12)19(26)27-2)14-7-6-13(28-20(22)23)11-17(14)25-18/h3-7,11,20,25H,8-10H2,1-2H3. The van der Waals surface area contributed by atoms with Gasteiger partial charge in [0, 0.05) is 40.2 Å². The number of H-pyrrole nitrogens is 1. The molecule has 0 spiro atoms. The number of carbonyl (C=O) groups excluding carboxylic acids is 1. The number of methoxy groups -OCH3 is 1. The van der Waals surface area contributed by atoms with Gasteiger partial charge in [0.1, 0.15) is 11.4 Å². The minimum Gasteiger partial charge on any atom is -0.464 e. The summed E-state index contributed by atoms with van der Waals surface area (Å²) in [5, 5.41) is 0.940. The molecule has 0 atom stereocenters. The molecule has 4 rings (SSSR count). The Morgan fingerprint density at radius 1 is 1.29 bits per heavy atom. The number of fused-ring (bicyclic) bond motifs is 1. The van der Waals surface area contributed by atoms with Crippen molar-refractivity contribution in [3.63, 3.8) is 0 Å². The summed E-state index contributed by atoms with van der Waals surface area (Å²) in [7, 11) is 1.32. The number of esters is 1. The Labute approximate surface area is 160 Å². The number of aromatic nitrogens is 2. The zero-order valence-corrected chi connectivity index (χ0v) is 15.6. The first kappa shape index (κ1) is 18.4. The molecule has 7 heteroatoms. The van der Waals surface area contributed by atoms with Gasteiger partial charge in [-0.15, -0.1) is 0 Å². The molecular formula is C21H20F2N2O3. The first-order valence-corrected chi connectivity index (χ1v) is 9.04. The maximum atomic E-state index is 12.5. The second-order valence-corrected chi connectivity index (χ2v) is 7.31. The number of benzene rings is 1. The third-order valence-electron chi connectivity index (χ3n) is 5.27. The summed E-state index contributed by atoms with van der Waals surface area (Å²) in [5.41, 5.74) is 3.93. The van der Waals surface area contributed by atoms with Crippen molar-refractivity contribution in [3.05, 3.63) is 59.0 Å². The van der Waals surface area contributed by atoms with E-state index in [-0.39, 0.29) is 16.9 Å². The minimum atomic E-state index is -2.86. The Hall–Kier alpha value is -2.96.